The maximum atomic E-state index is 10.5. The van der Waals surface area contributed by atoms with Crippen LogP contribution >= 0.6 is 0 Å². The summed E-state index contributed by atoms with van der Waals surface area (Å²) in [4.78, 5) is 0. The quantitative estimate of drug-likeness (QED) is 0.197. The molecule has 0 saturated carbocycles. The van der Waals surface area contributed by atoms with Crippen molar-refractivity contribution in [2.45, 2.75) is 122 Å². The number of hydrogen-bond acceptors (Lipinski definition) is 7. The molecule has 0 amide bonds. The van der Waals surface area contributed by atoms with Gasteiger partial charge in [-0.15, -0.1) is 6.58 Å². The number of ether oxygens (including phenoxy) is 4. The molecule has 2 fully saturated rings. The van der Waals surface area contributed by atoms with Crippen molar-refractivity contribution in [1.82, 2.24) is 0 Å². The van der Waals surface area contributed by atoms with Gasteiger partial charge in [-0.25, -0.2) is 0 Å². The normalized spacial score (nSPS) is 31.6. The molecular formula is C34H60O7Si2. The van der Waals surface area contributed by atoms with Crippen LogP contribution in [-0.4, -0.2) is 72.6 Å². The van der Waals surface area contributed by atoms with Gasteiger partial charge in [0.05, 0.1) is 38.6 Å². The molecule has 2 saturated heterocycles. The van der Waals surface area contributed by atoms with Crippen LogP contribution < -0.4 is 4.74 Å². The summed E-state index contributed by atoms with van der Waals surface area (Å²) in [6.07, 6.45) is 0.278. The lowest BCUT2D eigenvalue weighted by Gasteiger charge is -2.49. The van der Waals surface area contributed by atoms with Crippen LogP contribution in [0.3, 0.4) is 0 Å². The predicted octanol–water partition coefficient (Wildman–Crippen LogP) is 7.73. The number of hydrogen-bond donors (Lipinski definition) is 1. The van der Waals surface area contributed by atoms with Crippen molar-refractivity contribution in [2.75, 3.05) is 26.9 Å². The zero-order valence-electron chi connectivity index (χ0n) is 29.2. The number of aliphatic hydroxyl groups excluding tert-OH is 1. The van der Waals surface area contributed by atoms with E-state index in [2.05, 4.69) is 88.2 Å². The van der Waals surface area contributed by atoms with E-state index >= 15 is 0 Å². The molecule has 43 heavy (non-hydrogen) atoms. The lowest BCUT2D eigenvalue weighted by atomic mass is 9.79. The Labute approximate surface area is 263 Å². The lowest BCUT2D eigenvalue weighted by molar-refractivity contribution is -0.290. The van der Waals surface area contributed by atoms with Crippen LogP contribution in [0.4, 0.5) is 0 Å². The Kier molecular flexibility index (Phi) is 11.3. The van der Waals surface area contributed by atoms with E-state index in [1.54, 1.807) is 7.11 Å². The highest BCUT2D eigenvalue weighted by Crippen LogP contribution is 2.51. The van der Waals surface area contributed by atoms with E-state index in [4.69, 9.17) is 27.8 Å². The Morgan fingerprint density at radius 2 is 1.63 bits per heavy atom. The van der Waals surface area contributed by atoms with Gasteiger partial charge in [-0.3, -0.25) is 0 Å². The molecule has 1 N–H and O–H groups in total. The van der Waals surface area contributed by atoms with E-state index in [-0.39, 0.29) is 52.7 Å². The molecule has 0 radical (unpaired) electrons. The molecule has 0 aromatic heterocycles. The fourth-order valence-electron chi connectivity index (χ4n) is 5.66. The minimum atomic E-state index is -2.29. The van der Waals surface area contributed by atoms with Crippen LogP contribution in [0.2, 0.25) is 36.3 Å². The molecule has 0 unspecified atom stereocenters. The molecule has 2 heterocycles. The summed E-state index contributed by atoms with van der Waals surface area (Å²) in [5.74, 6) is 0.432. The lowest BCUT2D eigenvalue weighted by Crippen LogP contribution is -2.60. The number of methoxy groups -OCH3 is 1. The summed E-state index contributed by atoms with van der Waals surface area (Å²) in [5.41, 5.74) is 0.0984. The molecule has 1 aromatic rings. The van der Waals surface area contributed by atoms with Crippen molar-refractivity contribution >= 4 is 16.6 Å². The van der Waals surface area contributed by atoms with E-state index < -0.39 is 28.5 Å². The van der Waals surface area contributed by atoms with E-state index in [0.717, 1.165) is 11.3 Å². The van der Waals surface area contributed by atoms with Crippen molar-refractivity contribution in [3.63, 3.8) is 0 Å². The van der Waals surface area contributed by atoms with Gasteiger partial charge in [0.25, 0.3) is 0 Å². The Balaban J connectivity index is 2.10. The number of benzene rings is 1. The Hall–Kier alpha value is -1.05. The molecule has 2 aliphatic rings. The molecule has 9 heteroatoms. The second-order valence-electron chi connectivity index (χ2n) is 15.9. The van der Waals surface area contributed by atoms with Crippen LogP contribution in [0.5, 0.6) is 5.75 Å². The molecule has 8 atom stereocenters. The van der Waals surface area contributed by atoms with Gasteiger partial charge in [0.2, 0.25) is 0 Å². The highest BCUT2D eigenvalue weighted by molar-refractivity contribution is 6.74. The third-order valence-electron chi connectivity index (χ3n) is 10.6. The third kappa shape index (κ3) is 7.68. The van der Waals surface area contributed by atoms with Crippen LogP contribution in [0.15, 0.2) is 36.9 Å². The van der Waals surface area contributed by atoms with Crippen LogP contribution in [-0.2, 0) is 23.1 Å². The maximum Gasteiger partial charge on any atom is 0.192 e. The fraction of sp³-hybridized carbons (Fsp3) is 0.765. The van der Waals surface area contributed by atoms with E-state index in [9.17, 15) is 5.11 Å². The Morgan fingerprint density at radius 1 is 1.05 bits per heavy atom. The first-order valence-corrected chi connectivity index (χ1v) is 21.7. The monoisotopic (exact) mass is 636 g/mol. The molecule has 1 aromatic carbocycles. The van der Waals surface area contributed by atoms with E-state index in [1.165, 1.54) is 0 Å². The molecule has 7 nitrogen and oxygen atoms in total. The zero-order chi connectivity index (χ0) is 32.6. The zero-order valence-corrected chi connectivity index (χ0v) is 31.2. The van der Waals surface area contributed by atoms with Gasteiger partial charge in [-0.1, -0.05) is 66.7 Å². The third-order valence-corrected chi connectivity index (χ3v) is 19.6. The molecule has 0 aliphatic carbocycles. The molecule has 246 valence electrons. The fourth-order valence-corrected chi connectivity index (χ4v) is 8.10. The molecule has 3 rings (SSSR count). The average molecular weight is 637 g/mol. The standard InChI is InChI=1S/C34H60O7Si2/c1-15-24(20-35)28-27(22-38-42(11,12)32(3,4)5)30(41-43(13,14)33(6,7)8)34(9,40-28)29-23(2)21-37-31(39-29)25-16-18-26(36-10)19-17-25/h15-19,23-24,27-31,35H,1,20-22H2,2-14H3/t23-,24-,27-,28+,29+,30-,31+,34+/m0/s1. The smallest absolute Gasteiger partial charge is 0.192 e. The van der Waals surface area contributed by atoms with Crippen molar-refractivity contribution in [1.29, 1.82) is 0 Å². The maximum absolute atomic E-state index is 10.5. The summed E-state index contributed by atoms with van der Waals surface area (Å²) in [6.45, 7) is 32.0. The summed E-state index contributed by atoms with van der Waals surface area (Å²) in [6, 6.07) is 7.81. The van der Waals surface area contributed by atoms with Crippen LogP contribution in [0.1, 0.15) is 67.2 Å². The van der Waals surface area contributed by atoms with Gasteiger partial charge in [-0.2, -0.15) is 0 Å². The summed E-state index contributed by atoms with van der Waals surface area (Å²) >= 11 is 0. The molecule has 0 spiro atoms. The minimum Gasteiger partial charge on any atom is -0.497 e. The van der Waals surface area contributed by atoms with Crippen molar-refractivity contribution < 1.29 is 32.9 Å². The highest BCUT2D eigenvalue weighted by atomic mass is 28.4. The minimum absolute atomic E-state index is 0.0145. The summed E-state index contributed by atoms with van der Waals surface area (Å²) in [7, 11) is -2.72. The van der Waals surface area contributed by atoms with Gasteiger partial charge in [0.1, 0.15) is 11.4 Å². The first-order valence-electron chi connectivity index (χ1n) is 15.9. The Morgan fingerprint density at radius 3 is 2.12 bits per heavy atom. The van der Waals surface area contributed by atoms with Gasteiger partial charge < -0.3 is 32.9 Å². The molecule has 2 aliphatic heterocycles. The van der Waals surface area contributed by atoms with Gasteiger partial charge >= 0.3 is 0 Å². The topological polar surface area (TPSA) is 75.6 Å². The summed E-state index contributed by atoms with van der Waals surface area (Å²) < 4.78 is 39.9. The second-order valence-corrected chi connectivity index (χ2v) is 25.4. The first-order chi connectivity index (χ1) is 19.7. The van der Waals surface area contributed by atoms with Gasteiger partial charge in [0.15, 0.2) is 22.9 Å². The number of aliphatic hydroxyl groups is 1. The largest absolute Gasteiger partial charge is 0.497 e. The highest BCUT2D eigenvalue weighted by Gasteiger charge is 2.62. The SMILES string of the molecule is C=C[C@@H](CO)[C@H]1O[C@](C)([C@@H]2O[C@H](c3ccc(OC)cc3)OC[C@@H]2C)[C@@H](O[Si](C)(C)C(C)(C)C)[C@H]1CO[Si](C)(C)C(C)(C)C. The van der Waals surface area contributed by atoms with Crippen LogP contribution in [0, 0.1) is 17.8 Å². The molecular weight excluding hydrogens is 577 g/mol. The number of rotatable bonds is 11. The van der Waals surface area contributed by atoms with Crippen LogP contribution in [0.25, 0.3) is 0 Å². The van der Waals surface area contributed by atoms with E-state index in [1.807, 2.05) is 30.3 Å². The first kappa shape index (κ1) is 36.4. The van der Waals surface area contributed by atoms with Crippen molar-refractivity contribution in [2.24, 2.45) is 17.8 Å². The average Bonchev–Trinajstić information content (AvgIpc) is 3.18. The van der Waals surface area contributed by atoms with Crippen molar-refractivity contribution in [3.8, 4) is 5.75 Å². The van der Waals surface area contributed by atoms with E-state index in [0.29, 0.717) is 13.2 Å². The van der Waals surface area contributed by atoms with Gasteiger partial charge in [-0.05, 0) is 55.3 Å². The Bertz CT molecular complexity index is 1060. The van der Waals surface area contributed by atoms with Crippen molar-refractivity contribution in [3.05, 3.63) is 42.5 Å². The molecule has 0 bridgehead atoms. The summed E-state index contributed by atoms with van der Waals surface area (Å²) in [5, 5.41) is 10.5. The predicted molar refractivity (Wildman–Crippen MR) is 178 cm³/mol. The second kappa shape index (κ2) is 13.4. The van der Waals surface area contributed by atoms with Gasteiger partial charge in [0, 0.05) is 29.9 Å².